The molecule has 2 fully saturated rings. The molecule has 0 saturated carbocycles. The van der Waals surface area contributed by atoms with E-state index in [-0.39, 0.29) is 12.0 Å². The first-order valence-corrected chi connectivity index (χ1v) is 7.74. The third-order valence-electron chi connectivity index (χ3n) is 4.47. The molecule has 0 aromatic carbocycles. The monoisotopic (exact) mass is 292 g/mol. The number of carbonyl (C=O) groups is 1. The Kier molecular flexibility index (Phi) is 4.26. The lowest BCUT2D eigenvalue weighted by Gasteiger charge is -2.36. The third kappa shape index (κ3) is 3.27. The van der Waals surface area contributed by atoms with Crippen molar-refractivity contribution in [3.05, 3.63) is 17.7 Å². The Labute approximate surface area is 125 Å². The number of rotatable bonds is 2. The Morgan fingerprint density at radius 2 is 2.14 bits per heavy atom. The van der Waals surface area contributed by atoms with Crippen LogP contribution < -0.4 is 0 Å². The first-order valence-electron chi connectivity index (χ1n) is 7.74. The Morgan fingerprint density at radius 3 is 2.81 bits per heavy atom. The number of piperidine rings is 1. The molecule has 1 aromatic heterocycles. The van der Waals surface area contributed by atoms with Crippen LogP contribution in [-0.2, 0) is 9.53 Å². The van der Waals surface area contributed by atoms with E-state index in [0.29, 0.717) is 25.6 Å². The van der Waals surface area contributed by atoms with Crippen molar-refractivity contribution in [2.75, 3.05) is 39.8 Å². The van der Waals surface area contributed by atoms with Gasteiger partial charge in [-0.15, -0.1) is 0 Å². The Bertz CT molecular complexity index is 494. The van der Waals surface area contributed by atoms with E-state index in [1.165, 1.54) is 0 Å². The fourth-order valence-electron chi connectivity index (χ4n) is 3.13. The van der Waals surface area contributed by atoms with Gasteiger partial charge in [0.1, 0.15) is 11.9 Å². The number of H-pyrrole nitrogens is 1. The van der Waals surface area contributed by atoms with E-state index in [2.05, 4.69) is 21.9 Å². The van der Waals surface area contributed by atoms with Crippen molar-refractivity contribution in [3.63, 3.8) is 0 Å². The molecular formula is C15H24N4O2. The second-order valence-electron chi connectivity index (χ2n) is 6.17. The zero-order valence-corrected chi connectivity index (χ0v) is 12.8. The summed E-state index contributed by atoms with van der Waals surface area (Å²) in [7, 11) is 2.12. The summed E-state index contributed by atoms with van der Waals surface area (Å²) in [5, 5.41) is 0. The van der Waals surface area contributed by atoms with Crippen LogP contribution in [0.1, 0.15) is 30.5 Å². The average molecular weight is 292 g/mol. The number of aromatic amines is 1. The van der Waals surface area contributed by atoms with Gasteiger partial charge in [-0.2, -0.15) is 0 Å². The number of hydrogen-bond donors (Lipinski definition) is 1. The van der Waals surface area contributed by atoms with Gasteiger partial charge in [0.05, 0.1) is 13.2 Å². The maximum atomic E-state index is 12.7. The van der Waals surface area contributed by atoms with Crippen LogP contribution in [0.3, 0.4) is 0 Å². The molecule has 0 spiro atoms. The summed E-state index contributed by atoms with van der Waals surface area (Å²) in [6, 6.07) is 0. The number of carbonyl (C=O) groups excluding carboxylic acids is 1. The van der Waals surface area contributed by atoms with Gasteiger partial charge in [-0.05, 0) is 39.9 Å². The SMILES string of the molecule is Cc1cnc([C@@H]2CN(C(=O)C3CCN(C)CC3)CCO2)[nH]1. The zero-order valence-electron chi connectivity index (χ0n) is 12.8. The molecular weight excluding hydrogens is 268 g/mol. The summed E-state index contributed by atoms with van der Waals surface area (Å²) in [4.78, 5) is 24.5. The Balaban J connectivity index is 1.61. The number of hydrogen-bond acceptors (Lipinski definition) is 4. The first kappa shape index (κ1) is 14.5. The minimum Gasteiger partial charge on any atom is -0.367 e. The van der Waals surface area contributed by atoms with Gasteiger partial charge < -0.3 is 19.5 Å². The maximum absolute atomic E-state index is 12.7. The van der Waals surface area contributed by atoms with Crippen LogP contribution in [0.15, 0.2) is 6.20 Å². The fraction of sp³-hybridized carbons (Fsp3) is 0.733. The minimum atomic E-state index is -0.123. The lowest BCUT2D eigenvalue weighted by Crippen LogP contribution is -2.47. The number of amides is 1. The van der Waals surface area contributed by atoms with Crippen molar-refractivity contribution in [1.82, 2.24) is 19.8 Å². The smallest absolute Gasteiger partial charge is 0.225 e. The molecule has 3 rings (SSSR count). The molecule has 6 nitrogen and oxygen atoms in total. The normalized spacial score (nSPS) is 25.2. The lowest BCUT2D eigenvalue weighted by molar-refractivity contribution is -0.145. The van der Waals surface area contributed by atoms with Crippen LogP contribution in [0.4, 0.5) is 0 Å². The van der Waals surface area contributed by atoms with E-state index >= 15 is 0 Å². The van der Waals surface area contributed by atoms with Gasteiger partial charge in [0, 0.05) is 24.4 Å². The third-order valence-corrected chi connectivity index (χ3v) is 4.47. The van der Waals surface area contributed by atoms with Gasteiger partial charge in [-0.3, -0.25) is 4.79 Å². The second kappa shape index (κ2) is 6.15. The molecule has 3 heterocycles. The fourth-order valence-corrected chi connectivity index (χ4v) is 3.13. The predicted molar refractivity (Wildman–Crippen MR) is 78.8 cm³/mol. The molecule has 2 aliphatic rings. The van der Waals surface area contributed by atoms with E-state index in [0.717, 1.165) is 37.4 Å². The van der Waals surface area contributed by atoms with Crippen LogP contribution in [0.25, 0.3) is 0 Å². The quantitative estimate of drug-likeness (QED) is 0.882. The van der Waals surface area contributed by atoms with Gasteiger partial charge in [-0.1, -0.05) is 0 Å². The van der Waals surface area contributed by atoms with Crippen molar-refractivity contribution in [2.45, 2.75) is 25.9 Å². The molecule has 0 bridgehead atoms. The molecule has 1 atom stereocenters. The highest BCUT2D eigenvalue weighted by Crippen LogP contribution is 2.24. The van der Waals surface area contributed by atoms with Gasteiger partial charge in [0.15, 0.2) is 0 Å². The standard InChI is InChI=1S/C15H24N4O2/c1-11-9-16-14(17-11)13-10-19(7-8-21-13)15(20)12-3-5-18(2)6-4-12/h9,12-13H,3-8,10H2,1-2H3,(H,16,17)/t13-/m0/s1. The van der Waals surface area contributed by atoms with Crippen LogP contribution in [0.2, 0.25) is 0 Å². The summed E-state index contributed by atoms with van der Waals surface area (Å²) < 4.78 is 5.77. The van der Waals surface area contributed by atoms with E-state index in [9.17, 15) is 4.79 Å². The summed E-state index contributed by atoms with van der Waals surface area (Å²) >= 11 is 0. The minimum absolute atomic E-state index is 0.123. The maximum Gasteiger partial charge on any atom is 0.225 e. The molecule has 1 amide bonds. The molecule has 1 N–H and O–H groups in total. The second-order valence-corrected chi connectivity index (χ2v) is 6.17. The van der Waals surface area contributed by atoms with Gasteiger partial charge >= 0.3 is 0 Å². The average Bonchev–Trinajstić information content (AvgIpc) is 2.94. The van der Waals surface area contributed by atoms with Gasteiger partial charge in [-0.25, -0.2) is 4.98 Å². The van der Waals surface area contributed by atoms with Crippen LogP contribution >= 0.6 is 0 Å². The number of ether oxygens (including phenoxy) is 1. The number of likely N-dealkylation sites (tertiary alicyclic amines) is 1. The summed E-state index contributed by atoms with van der Waals surface area (Å²) in [6.07, 6.45) is 3.62. The molecule has 21 heavy (non-hydrogen) atoms. The van der Waals surface area contributed by atoms with Crippen LogP contribution in [-0.4, -0.2) is 65.5 Å². The number of morpholine rings is 1. The van der Waals surface area contributed by atoms with E-state index in [1.54, 1.807) is 6.20 Å². The number of aromatic nitrogens is 2. The highest BCUT2D eigenvalue weighted by molar-refractivity contribution is 5.79. The number of aryl methyl sites for hydroxylation is 1. The van der Waals surface area contributed by atoms with Crippen molar-refractivity contribution < 1.29 is 9.53 Å². The summed E-state index contributed by atoms with van der Waals surface area (Å²) in [5.41, 5.74) is 1.02. The van der Waals surface area contributed by atoms with Crippen molar-refractivity contribution in [2.24, 2.45) is 5.92 Å². The largest absolute Gasteiger partial charge is 0.367 e. The lowest BCUT2D eigenvalue weighted by atomic mass is 9.95. The van der Waals surface area contributed by atoms with Crippen molar-refractivity contribution >= 4 is 5.91 Å². The van der Waals surface area contributed by atoms with Crippen molar-refractivity contribution in [1.29, 1.82) is 0 Å². The number of imidazole rings is 1. The molecule has 2 aliphatic heterocycles. The topological polar surface area (TPSA) is 61.5 Å². The summed E-state index contributed by atoms with van der Waals surface area (Å²) in [6.45, 7) is 5.89. The molecule has 1 aromatic rings. The van der Waals surface area contributed by atoms with Crippen molar-refractivity contribution in [3.8, 4) is 0 Å². The highest BCUT2D eigenvalue weighted by atomic mass is 16.5. The first-order chi connectivity index (χ1) is 10.1. The van der Waals surface area contributed by atoms with E-state index in [4.69, 9.17) is 4.74 Å². The van der Waals surface area contributed by atoms with Crippen LogP contribution in [0.5, 0.6) is 0 Å². The number of nitrogens with one attached hydrogen (secondary N) is 1. The molecule has 0 radical (unpaired) electrons. The summed E-state index contributed by atoms with van der Waals surface area (Å²) in [5.74, 6) is 1.30. The Morgan fingerprint density at radius 1 is 1.38 bits per heavy atom. The zero-order chi connectivity index (χ0) is 14.8. The van der Waals surface area contributed by atoms with E-state index in [1.807, 2.05) is 11.8 Å². The molecule has 116 valence electrons. The Hall–Kier alpha value is -1.40. The van der Waals surface area contributed by atoms with Gasteiger partial charge in [0.25, 0.3) is 0 Å². The molecule has 0 unspecified atom stereocenters. The predicted octanol–water partition coefficient (Wildman–Crippen LogP) is 0.960. The molecule has 2 saturated heterocycles. The van der Waals surface area contributed by atoms with E-state index < -0.39 is 0 Å². The molecule has 0 aliphatic carbocycles. The number of nitrogens with zero attached hydrogens (tertiary/aromatic N) is 3. The molecule has 6 heteroatoms. The van der Waals surface area contributed by atoms with Gasteiger partial charge in [0.2, 0.25) is 5.91 Å². The van der Waals surface area contributed by atoms with Crippen LogP contribution in [0, 0.1) is 12.8 Å². The highest BCUT2D eigenvalue weighted by Gasteiger charge is 2.32.